The molecule has 3 aromatic rings. The van der Waals surface area contributed by atoms with E-state index in [1.807, 2.05) is 48.5 Å². The van der Waals surface area contributed by atoms with Crippen molar-refractivity contribution in [1.82, 2.24) is 5.32 Å². The molecule has 0 spiro atoms. The SMILES string of the molecule is OC(CNC(c1ccccc1)c1ccccc1)COc1ccc(C2CCCCC2)cc1. The Morgan fingerprint density at radius 3 is 1.94 bits per heavy atom. The highest BCUT2D eigenvalue weighted by molar-refractivity contribution is 5.32. The molecule has 0 bridgehead atoms. The first-order valence-electron chi connectivity index (χ1n) is 11.5. The normalized spacial score (nSPS) is 15.7. The molecule has 0 saturated heterocycles. The lowest BCUT2D eigenvalue weighted by Crippen LogP contribution is -2.34. The van der Waals surface area contributed by atoms with Gasteiger partial charge in [-0.1, -0.05) is 92.1 Å². The third kappa shape index (κ3) is 6.19. The van der Waals surface area contributed by atoms with Gasteiger partial charge in [-0.15, -0.1) is 0 Å². The van der Waals surface area contributed by atoms with Crippen molar-refractivity contribution < 1.29 is 9.84 Å². The van der Waals surface area contributed by atoms with Crippen molar-refractivity contribution in [3.8, 4) is 5.75 Å². The van der Waals surface area contributed by atoms with E-state index in [4.69, 9.17) is 4.74 Å². The molecule has 3 nitrogen and oxygen atoms in total. The molecule has 2 N–H and O–H groups in total. The zero-order chi connectivity index (χ0) is 21.3. The van der Waals surface area contributed by atoms with Crippen molar-refractivity contribution in [3.63, 3.8) is 0 Å². The maximum atomic E-state index is 10.5. The first-order chi connectivity index (χ1) is 15.3. The topological polar surface area (TPSA) is 41.5 Å². The summed E-state index contributed by atoms with van der Waals surface area (Å²) in [5.41, 5.74) is 3.78. The van der Waals surface area contributed by atoms with E-state index < -0.39 is 6.10 Å². The summed E-state index contributed by atoms with van der Waals surface area (Å²) in [7, 11) is 0. The number of aliphatic hydroxyl groups is 1. The molecule has 162 valence electrons. The minimum Gasteiger partial charge on any atom is -0.491 e. The second kappa shape index (κ2) is 11.1. The summed E-state index contributed by atoms with van der Waals surface area (Å²) in [6.07, 6.45) is 6.07. The van der Waals surface area contributed by atoms with Crippen LogP contribution in [-0.2, 0) is 0 Å². The highest BCUT2D eigenvalue weighted by Gasteiger charge is 2.17. The van der Waals surface area contributed by atoms with Gasteiger partial charge in [-0.25, -0.2) is 0 Å². The number of nitrogens with one attached hydrogen (secondary N) is 1. The minimum atomic E-state index is -0.590. The van der Waals surface area contributed by atoms with Gasteiger partial charge < -0.3 is 15.2 Å². The predicted octanol–water partition coefficient (Wildman–Crippen LogP) is 5.85. The monoisotopic (exact) mass is 415 g/mol. The van der Waals surface area contributed by atoms with Crippen LogP contribution in [0.2, 0.25) is 0 Å². The molecule has 31 heavy (non-hydrogen) atoms. The number of hydrogen-bond acceptors (Lipinski definition) is 3. The van der Waals surface area contributed by atoms with Gasteiger partial charge in [-0.05, 0) is 47.6 Å². The number of rotatable bonds is 9. The van der Waals surface area contributed by atoms with Crippen LogP contribution in [0.25, 0.3) is 0 Å². The van der Waals surface area contributed by atoms with E-state index in [1.165, 1.54) is 48.8 Å². The van der Waals surface area contributed by atoms with Gasteiger partial charge in [0.2, 0.25) is 0 Å². The van der Waals surface area contributed by atoms with Crippen molar-refractivity contribution in [1.29, 1.82) is 0 Å². The molecule has 0 heterocycles. The van der Waals surface area contributed by atoms with Crippen molar-refractivity contribution in [2.24, 2.45) is 0 Å². The largest absolute Gasteiger partial charge is 0.491 e. The first kappa shape index (κ1) is 21.6. The van der Waals surface area contributed by atoms with Gasteiger partial charge in [0.1, 0.15) is 18.5 Å². The van der Waals surface area contributed by atoms with Crippen LogP contribution in [0.1, 0.15) is 60.8 Å². The molecule has 1 atom stereocenters. The van der Waals surface area contributed by atoms with E-state index in [1.54, 1.807) is 0 Å². The van der Waals surface area contributed by atoms with Crippen molar-refractivity contribution in [2.45, 2.75) is 50.2 Å². The Kier molecular flexibility index (Phi) is 7.76. The van der Waals surface area contributed by atoms with Crippen LogP contribution in [0.5, 0.6) is 5.75 Å². The maximum Gasteiger partial charge on any atom is 0.119 e. The van der Waals surface area contributed by atoms with Gasteiger partial charge in [0.05, 0.1) is 6.04 Å². The fourth-order valence-electron chi connectivity index (χ4n) is 4.50. The number of benzene rings is 3. The van der Waals surface area contributed by atoms with Crippen LogP contribution < -0.4 is 10.1 Å². The lowest BCUT2D eigenvalue weighted by molar-refractivity contribution is 0.105. The quantitative estimate of drug-likeness (QED) is 0.460. The molecule has 3 aromatic carbocycles. The highest BCUT2D eigenvalue weighted by atomic mass is 16.5. The predicted molar refractivity (Wildman–Crippen MR) is 126 cm³/mol. The van der Waals surface area contributed by atoms with Gasteiger partial charge in [-0.2, -0.15) is 0 Å². The molecule has 1 aliphatic carbocycles. The molecule has 0 aromatic heterocycles. The molecule has 1 fully saturated rings. The zero-order valence-corrected chi connectivity index (χ0v) is 18.1. The van der Waals surface area contributed by atoms with Gasteiger partial charge >= 0.3 is 0 Å². The highest BCUT2D eigenvalue weighted by Crippen LogP contribution is 2.33. The molecular weight excluding hydrogens is 382 g/mol. The Morgan fingerprint density at radius 2 is 1.35 bits per heavy atom. The molecule has 4 rings (SSSR count). The second-order valence-electron chi connectivity index (χ2n) is 8.53. The van der Waals surface area contributed by atoms with E-state index in [0.717, 1.165) is 5.75 Å². The Morgan fingerprint density at radius 1 is 0.774 bits per heavy atom. The van der Waals surface area contributed by atoms with Crippen LogP contribution in [0.15, 0.2) is 84.9 Å². The Labute approximate surface area is 186 Å². The van der Waals surface area contributed by atoms with Crippen LogP contribution in [0.4, 0.5) is 0 Å². The summed E-state index contributed by atoms with van der Waals surface area (Å²) < 4.78 is 5.86. The number of aliphatic hydroxyl groups excluding tert-OH is 1. The lowest BCUT2D eigenvalue weighted by atomic mass is 9.84. The maximum absolute atomic E-state index is 10.5. The van der Waals surface area contributed by atoms with Crippen LogP contribution in [0.3, 0.4) is 0 Å². The third-order valence-corrected chi connectivity index (χ3v) is 6.22. The number of hydrogen-bond donors (Lipinski definition) is 2. The van der Waals surface area contributed by atoms with Gasteiger partial charge in [-0.3, -0.25) is 0 Å². The average Bonchev–Trinajstić information content (AvgIpc) is 2.85. The molecule has 1 aliphatic rings. The van der Waals surface area contributed by atoms with Crippen molar-refractivity contribution in [2.75, 3.05) is 13.2 Å². The van der Waals surface area contributed by atoms with Crippen LogP contribution in [-0.4, -0.2) is 24.4 Å². The van der Waals surface area contributed by atoms with E-state index in [-0.39, 0.29) is 12.6 Å². The van der Waals surface area contributed by atoms with E-state index in [2.05, 4.69) is 41.7 Å². The van der Waals surface area contributed by atoms with Crippen LogP contribution in [0, 0.1) is 0 Å². The molecule has 1 unspecified atom stereocenters. The summed E-state index contributed by atoms with van der Waals surface area (Å²) >= 11 is 0. The average molecular weight is 416 g/mol. The fraction of sp³-hybridized carbons (Fsp3) is 0.357. The second-order valence-corrected chi connectivity index (χ2v) is 8.53. The van der Waals surface area contributed by atoms with Gasteiger partial charge in [0.25, 0.3) is 0 Å². The Bertz CT molecular complexity index is 850. The third-order valence-electron chi connectivity index (χ3n) is 6.22. The minimum absolute atomic E-state index is 0.0341. The van der Waals surface area contributed by atoms with E-state index in [9.17, 15) is 5.11 Å². The molecule has 0 radical (unpaired) electrons. The summed E-state index contributed by atoms with van der Waals surface area (Å²) in [6, 6.07) is 29.2. The lowest BCUT2D eigenvalue weighted by Gasteiger charge is -2.23. The molecule has 0 aliphatic heterocycles. The first-order valence-corrected chi connectivity index (χ1v) is 11.5. The number of ether oxygens (including phenoxy) is 1. The van der Waals surface area contributed by atoms with Crippen molar-refractivity contribution in [3.05, 3.63) is 102 Å². The van der Waals surface area contributed by atoms with Gasteiger partial charge in [0, 0.05) is 6.54 Å². The summed E-state index contributed by atoms with van der Waals surface area (Å²) in [5.74, 6) is 1.52. The molecule has 1 saturated carbocycles. The fourth-order valence-corrected chi connectivity index (χ4v) is 4.50. The Hall–Kier alpha value is -2.62. The molecular formula is C28H33NO2. The van der Waals surface area contributed by atoms with Crippen molar-refractivity contribution >= 4 is 0 Å². The molecule has 3 heteroatoms. The smallest absolute Gasteiger partial charge is 0.119 e. The summed E-state index contributed by atoms with van der Waals surface area (Å²) in [4.78, 5) is 0. The standard InChI is InChI=1S/C28H33NO2/c30-26(21-31-27-18-16-23(17-19-27)22-10-4-1-5-11-22)20-29-28(24-12-6-2-7-13-24)25-14-8-3-9-15-25/h2-3,6-9,12-19,22,26,28-30H,1,4-5,10-11,20-21H2. The van der Waals surface area contributed by atoms with Crippen LogP contribution >= 0.6 is 0 Å². The Balaban J connectivity index is 1.30. The summed E-state index contributed by atoms with van der Waals surface area (Å²) in [6.45, 7) is 0.723. The van der Waals surface area contributed by atoms with Gasteiger partial charge in [0.15, 0.2) is 0 Å². The summed E-state index contributed by atoms with van der Waals surface area (Å²) in [5, 5.41) is 14.0. The van der Waals surface area contributed by atoms with E-state index in [0.29, 0.717) is 12.5 Å². The zero-order valence-electron chi connectivity index (χ0n) is 18.1. The molecule has 0 amide bonds. The van der Waals surface area contributed by atoms with E-state index >= 15 is 0 Å².